The molecule has 0 saturated heterocycles. The van der Waals surface area contributed by atoms with Crippen molar-refractivity contribution in [2.45, 2.75) is 13.8 Å². The lowest BCUT2D eigenvalue weighted by Crippen LogP contribution is -2.13. The molecule has 1 aromatic carbocycles. The summed E-state index contributed by atoms with van der Waals surface area (Å²) < 4.78 is 0. The molecule has 1 rings (SSSR count). The van der Waals surface area contributed by atoms with Crippen molar-refractivity contribution in [3.05, 3.63) is 29.8 Å². The van der Waals surface area contributed by atoms with E-state index in [-0.39, 0.29) is 5.92 Å². The highest BCUT2D eigenvalue weighted by atomic mass is 15.1. The number of nitrogen functional groups attached to an aromatic ring is 1. The summed E-state index contributed by atoms with van der Waals surface area (Å²) in [6, 6.07) is 7.61. The minimum Gasteiger partial charge on any atom is -0.398 e. The molecular weight excluding hydrogens is 162 g/mol. The van der Waals surface area contributed by atoms with E-state index in [0.717, 1.165) is 17.0 Å². The minimum atomic E-state index is 0.287. The summed E-state index contributed by atoms with van der Waals surface area (Å²) in [6.07, 6.45) is 0. The molecule has 3 heteroatoms. The maximum Gasteiger partial charge on any atom is 0.0718 e. The van der Waals surface area contributed by atoms with Gasteiger partial charge < -0.3 is 11.6 Å². The van der Waals surface area contributed by atoms with Crippen LogP contribution in [-0.2, 0) is 0 Å². The second-order valence-corrected chi connectivity index (χ2v) is 3.26. The molecule has 0 bridgehead atoms. The van der Waals surface area contributed by atoms with Crippen LogP contribution in [0.3, 0.4) is 0 Å². The Morgan fingerprint density at radius 1 is 1.31 bits per heavy atom. The highest BCUT2D eigenvalue weighted by molar-refractivity contribution is 6.05. The van der Waals surface area contributed by atoms with Crippen molar-refractivity contribution in [3.8, 4) is 0 Å². The number of hydrogen-bond acceptors (Lipinski definition) is 3. The first-order chi connectivity index (χ1) is 6.16. The third-order valence-corrected chi connectivity index (χ3v) is 1.92. The first kappa shape index (κ1) is 9.58. The normalized spacial score (nSPS) is 12.1. The minimum absolute atomic E-state index is 0.287. The number of hydrazone groups is 1. The van der Waals surface area contributed by atoms with Crippen LogP contribution in [0, 0.1) is 5.92 Å². The van der Waals surface area contributed by atoms with Crippen molar-refractivity contribution < 1.29 is 0 Å². The van der Waals surface area contributed by atoms with E-state index in [2.05, 4.69) is 5.10 Å². The highest BCUT2D eigenvalue weighted by Gasteiger charge is 2.10. The second kappa shape index (κ2) is 3.94. The van der Waals surface area contributed by atoms with Gasteiger partial charge in [-0.1, -0.05) is 32.0 Å². The molecule has 0 atom stereocenters. The summed E-state index contributed by atoms with van der Waals surface area (Å²) in [6.45, 7) is 4.08. The lowest BCUT2D eigenvalue weighted by molar-refractivity contribution is 0.876. The molecule has 1 aromatic rings. The first-order valence-corrected chi connectivity index (χ1v) is 4.29. The fourth-order valence-electron chi connectivity index (χ4n) is 1.26. The molecular formula is C10H15N3. The van der Waals surface area contributed by atoms with Crippen LogP contribution >= 0.6 is 0 Å². The predicted octanol–water partition coefficient (Wildman–Crippen LogP) is 1.59. The Morgan fingerprint density at radius 2 is 1.92 bits per heavy atom. The van der Waals surface area contributed by atoms with E-state index < -0.39 is 0 Å². The van der Waals surface area contributed by atoms with Crippen molar-refractivity contribution in [1.82, 2.24) is 0 Å². The quantitative estimate of drug-likeness (QED) is 0.312. The number of nitrogens with zero attached hydrogens (tertiary/aromatic N) is 1. The van der Waals surface area contributed by atoms with Crippen LogP contribution in [0.15, 0.2) is 29.4 Å². The molecule has 0 unspecified atom stereocenters. The molecule has 4 N–H and O–H groups in total. The molecule has 0 aromatic heterocycles. The standard InChI is InChI=1S/C10H15N3/c1-7(2)10(13-12)8-5-3-4-6-9(8)11/h3-7H,11-12H2,1-2H3/b13-10-. The third kappa shape index (κ3) is 1.99. The molecule has 0 fully saturated rings. The molecule has 0 radical (unpaired) electrons. The van der Waals surface area contributed by atoms with Crippen molar-refractivity contribution in [2.24, 2.45) is 16.9 Å². The Bertz CT molecular complexity index is 316. The molecule has 13 heavy (non-hydrogen) atoms. The number of hydrogen-bond donors (Lipinski definition) is 2. The number of anilines is 1. The van der Waals surface area contributed by atoms with E-state index >= 15 is 0 Å². The average molecular weight is 177 g/mol. The lowest BCUT2D eigenvalue weighted by Gasteiger charge is -2.10. The van der Waals surface area contributed by atoms with E-state index in [4.69, 9.17) is 11.6 Å². The van der Waals surface area contributed by atoms with Gasteiger partial charge in [0.05, 0.1) is 5.71 Å². The number of para-hydroxylation sites is 1. The lowest BCUT2D eigenvalue weighted by atomic mass is 9.99. The average Bonchev–Trinajstić information content (AvgIpc) is 2.09. The fraction of sp³-hybridized carbons (Fsp3) is 0.300. The number of benzene rings is 1. The largest absolute Gasteiger partial charge is 0.398 e. The van der Waals surface area contributed by atoms with Crippen LogP contribution in [0.1, 0.15) is 19.4 Å². The summed E-state index contributed by atoms with van der Waals surface area (Å²) in [5, 5.41) is 3.76. The van der Waals surface area contributed by atoms with Crippen molar-refractivity contribution in [3.63, 3.8) is 0 Å². The van der Waals surface area contributed by atoms with Gasteiger partial charge in [0.1, 0.15) is 0 Å². The van der Waals surface area contributed by atoms with E-state index in [9.17, 15) is 0 Å². The monoisotopic (exact) mass is 177 g/mol. The molecule has 0 aliphatic carbocycles. The van der Waals surface area contributed by atoms with E-state index in [0.29, 0.717) is 0 Å². The van der Waals surface area contributed by atoms with E-state index in [1.165, 1.54) is 0 Å². The van der Waals surface area contributed by atoms with E-state index in [1.807, 2.05) is 38.1 Å². The zero-order valence-electron chi connectivity index (χ0n) is 7.99. The summed E-state index contributed by atoms with van der Waals surface area (Å²) in [4.78, 5) is 0. The smallest absolute Gasteiger partial charge is 0.0718 e. The molecule has 0 amide bonds. The van der Waals surface area contributed by atoms with E-state index in [1.54, 1.807) is 0 Å². The van der Waals surface area contributed by atoms with Crippen molar-refractivity contribution in [2.75, 3.05) is 5.73 Å². The molecule has 70 valence electrons. The third-order valence-electron chi connectivity index (χ3n) is 1.92. The second-order valence-electron chi connectivity index (χ2n) is 3.26. The first-order valence-electron chi connectivity index (χ1n) is 4.29. The highest BCUT2D eigenvalue weighted by Crippen LogP contribution is 2.15. The zero-order chi connectivity index (χ0) is 9.84. The van der Waals surface area contributed by atoms with Gasteiger partial charge in [-0.2, -0.15) is 5.10 Å². The van der Waals surface area contributed by atoms with Gasteiger partial charge in [-0.3, -0.25) is 0 Å². The van der Waals surface area contributed by atoms with Gasteiger partial charge in [0, 0.05) is 11.3 Å². The van der Waals surface area contributed by atoms with Gasteiger partial charge in [-0.15, -0.1) is 0 Å². The maximum atomic E-state index is 5.80. The van der Waals surface area contributed by atoms with Gasteiger partial charge in [0.25, 0.3) is 0 Å². The van der Waals surface area contributed by atoms with Gasteiger partial charge >= 0.3 is 0 Å². The summed E-state index contributed by atoms with van der Waals surface area (Å²) >= 11 is 0. The Labute approximate surface area is 78.4 Å². The van der Waals surface area contributed by atoms with Crippen LogP contribution in [0.25, 0.3) is 0 Å². The Balaban J connectivity index is 3.13. The predicted molar refractivity (Wildman–Crippen MR) is 56.4 cm³/mol. The zero-order valence-corrected chi connectivity index (χ0v) is 7.99. The Morgan fingerprint density at radius 3 is 2.38 bits per heavy atom. The van der Waals surface area contributed by atoms with Crippen LogP contribution in [0.5, 0.6) is 0 Å². The van der Waals surface area contributed by atoms with Crippen LogP contribution in [-0.4, -0.2) is 5.71 Å². The number of rotatable bonds is 2. The van der Waals surface area contributed by atoms with Crippen LogP contribution < -0.4 is 11.6 Å². The molecule has 0 saturated carbocycles. The van der Waals surface area contributed by atoms with Gasteiger partial charge in [0.2, 0.25) is 0 Å². The molecule has 0 aliphatic rings. The molecule has 0 heterocycles. The SMILES string of the molecule is CC(C)/C(=N/N)c1ccccc1N. The van der Waals surface area contributed by atoms with Gasteiger partial charge in [0.15, 0.2) is 0 Å². The Hall–Kier alpha value is -1.51. The van der Waals surface area contributed by atoms with Crippen molar-refractivity contribution in [1.29, 1.82) is 0 Å². The van der Waals surface area contributed by atoms with Gasteiger partial charge in [-0.25, -0.2) is 0 Å². The summed E-state index contributed by atoms with van der Waals surface area (Å²) in [7, 11) is 0. The molecule has 3 nitrogen and oxygen atoms in total. The van der Waals surface area contributed by atoms with Crippen LogP contribution in [0.2, 0.25) is 0 Å². The fourth-order valence-corrected chi connectivity index (χ4v) is 1.26. The molecule has 0 aliphatic heterocycles. The Kier molecular flexibility index (Phi) is 2.90. The van der Waals surface area contributed by atoms with Crippen molar-refractivity contribution >= 4 is 11.4 Å². The van der Waals surface area contributed by atoms with Gasteiger partial charge in [-0.05, 0) is 12.0 Å². The summed E-state index contributed by atoms with van der Waals surface area (Å²) in [5.74, 6) is 5.59. The topological polar surface area (TPSA) is 64.4 Å². The molecule has 0 spiro atoms. The maximum absolute atomic E-state index is 5.80. The summed E-state index contributed by atoms with van der Waals surface area (Å²) in [5.41, 5.74) is 8.30. The van der Waals surface area contributed by atoms with Crippen LogP contribution in [0.4, 0.5) is 5.69 Å². The number of nitrogens with two attached hydrogens (primary N) is 2.